The fraction of sp³-hybridized carbons (Fsp3) is 0.300. The van der Waals surface area contributed by atoms with Crippen LogP contribution in [0, 0.1) is 15.9 Å². The molecule has 0 spiro atoms. The zero-order valence-electron chi connectivity index (χ0n) is 8.78. The molecule has 0 heterocycles. The third-order valence-corrected chi connectivity index (χ3v) is 2.18. The number of carbonyl (C=O) groups is 1. The lowest BCUT2D eigenvalue weighted by molar-refractivity contribution is -0.385. The molecule has 0 atom stereocenters. The highest BCUT2D eigenvalue weighted by atomic mass is 35.5. The van der Waals surface area contributed by atoms with Gasteiger partial charge in [-0.1, -0.05) is 0 Å². The first-order valence-corrected chi connectivity index (χ1v) is 5.37. The molecule has 0 fully saturated rings. The first kappa shape index (κ1) is 13.4. The Morgan fingerprint density at radius 2 is 2.18 bits per heavy atom. The summed E-state index contributed by atoms with van der Waals surface area (Å²) in [5.74, 6) is -0.783. The van der Waals surface area contributed by atoms with E-state index in [1.165, 1.54) is 0 Å². The largest absolute Gasteiger partial charge is 0.326 e. The summed E-state index contributed by atoms with van der Waals surface area (Å²) in [6.07, 6.45) is 0.679. The Bertz CT molecular complexity index is 440. The van der Waals surface area contributed by atoms with Crippen LogP contribution in [0.4, 0.5) is 15.8 Å². The van der Waals surface area contributed by atoms with Gasteiger partial charge < -0.3 is 5.32 Å². The van der Waals surface area contributed by atoms with Gasteiger partial charge in [-0.05, 0) is 12.5 Å². The van der Waals surface area contributed by atoms with Gasteiger partial charge in [0, 0.05) is 18.4 Å². The van der Waals surface area contributed by atoms with E-state index in [1.807, 2.05) is 0 Å². The molecule has 1 N–H and O–H groups in total. The van der Waals surface area contributed by atoms with Crippen LogP contribution in [0.5, 0.6) is 0 Å². The van der Waals surface area contributed by atoms with Crippen molar-refractivity contribution >= 4 is 28.9 Å². The number of nitrogens with one attached hydrogen (secondary N) is 1. The van der Waals surface area contributed by atoms with E-state index in [4.69, 9.17) is 11.6 Å². The summed E-state index contributed by atoms with van der Waals surface area (Å²) in [5, 5.41) is 12.8. The van der Waals surface area contributed by atoms with Gasteiger partial charge in [-0.2, -0.15) is 0 Å². The van der Waals surface area contributed by atoms with Crippen molar-refractivity contribution in [3.05, 3.63) is 34.1 Å². The molecule has 0 saturated carbocycles. The number of nitro groups is 1. The summed E-state index contributed by atoms with van der Waals surface area (Å²) in [7, 11) is 0. The van der Waals surface area contributed by atoms with E-state index in [9.17, 15) is 19.3 Å². The fourth-order valence-electron chi connectivity index (χ4n) is 1.20. The van der Waals surface area contributed by atoms with Gasteiger partial charge in [0.1, 0.15) is 5.82 Å². The predicted molar refractivity (Wildman–Crippen MR) is 61.6 cm³/mol. The van der Waals surface area contributed by atoms with Crippen LogP contribution >= 0.6 is 11.6 Å². The van der Waals surface area contributed by atoms with Crippen LogP contribution < -0.4 is 5.32 Å². The van der Waals surface area contributed by atoms with E-state index in [-0.39, 0.29) is 18.0 Å². The van der Waals surface area contributed by atoms with E-state index in [1.54, 1.807) is 0 Å². The lowest BCUT2D eigenvalue weighted by atomic mass is 10.2. The molecule has 0 bridgehead atoms. The Morgan fingerprint density at radius 1 is 1.47 bits per heavy atom. The van der Waals surface area contributed by atoms with Crippen LogP contribution in [0.1, 0.15) is 12.8 Å². The minimum atomic E-state index is -0.771. The number of anilines is 1. The van der Waals surface area contributed by atoms with Gasteiger partial charge >= 0.3 is 0 Å². The lowest BCUT2D eigenvalue weighted by Crippen LogP contribution is -2.11. The van der Waals surface area contributed by atoms with Gasteiger partial charge in [-0.3, -0.25) is 14.9 Å². The van der Waals surface area contributed by atoms with Crippen molar-refractivity contribution in [1.29, 1.82) is 0 Å². The number of hydrogen-bond acceptors (Lipinski definition) is 3. The predicted octanol–water partition coefficient (Wildman–Crippen LogP) is 2.69. The van der Waals surface area contributed by atoms with Crippen LogP contribution in [0.2, 0.25) is 0 Å². The Hall–Kier alpha value is -1.69. The zero-order chi connectivity index (χ0) is 12.8. The van der Waals surface area contributed by atoms with Crippen molar-refractivity contribution in [1.82, 2.24) is 0 Å². The number of rotatable bonds is 5. The minimum Gasteiger partial charge on any atom is -0.326 e. The minimum absolute atomic E-state index is 0.0660. The van der Waals surface area contributed by atoms with Gasteiger partial charge in [-0.25, -0.2) is 4.39 Å². The highest BCUT2D eigenvalue weighted by Crippen LogP contribution is 2.20. The van der Waals surface area contributed by atoms with Crippen molar-refractivity contribution in [2.75, 3.05) is 11.2 Å². The zero-order valence-corrected chi connectivity index (χ0v) is 9.54. The standard InChI is InChI=1S/C10H10ClFN2O3/c11-3-1-2-10(15)13-8-4-7(12)5-9(6-8)14(16)17/h4-6H,1-3H2,(H,13,15). The maximum absolute atomic E-state index is 13.0. The number of alkyl halides is 1. The molecule has 0 aliphatic rings. The van der Waals surface area contributed by atoms with Gasteiger partial charge in [0.15, 0.2) is 0 Å². The smallest absolute Gasteiger partial charge is 0.274 e. The average molecular weight is 261 g/mol. The van der Waals surface area contributed by atoms with Crippen LogP contribution in [-0.4, -0.2) is 16.7 Å². The second kappa shape index (κ2) is 6.15. The lowest BCUT2D eigenvalue weighted by Gasteiger charge is -2.04. The number of nitrogens with zero attached hydrogens (tertiary/aromatic N) is 1. The monoisotopic (exact) mass is 260 g/mol. The Balaban J connectivity index is 2.77. The molecule has 7 heteroatoms. The van der Waals surface area contributed by atoms with Gasteiger partial charge in [0.05, 0.1) is 16.7 Å². The van der Waals surface area contributed by atoms with Crippen molar-refractivity contribution in [2.24, 2.45) is 0 Å². The van der Waals surface area contributed by atoms with Gasteiger partial charge in [0.25, 0.3) is 5.69 Å². The molecule has 0 radical (unpaired) electrons. The molecule has 1 rings (SSSR count). The average Bonchev–Trinajstić information content (AvgIpc) is 2.25. The highest BCUT2D eigenvalue weighted by Gasteiger charge is 2.11. The van der Waals surface area contributed by atoms with Crippen LogP contribution in [0.3, 0.4) is 0 Å². The topological polar surface area (TPSA) is 72.2 Å². The molecule has 0 saturated heterocycles. The molecule has 1 amide bonds. The Labute approximate surface area is 102 Å². The molecule has 1 aromatic rings. The molecule has 0 aliphatic carbocycles. The quantitative estimate of drug-likeness (QED) is 0.503. The molecule has 5 nitrogen and oxygen atoms in total. The van der Waals surface area contributed by atoms with Crippen molar-refractivity contribution in [2.45, 2.75) is 12.8 Å². The third-order valence-electron chi connectivity index (χ3n) is 1.91. The van der Waals surface area contributed by atoms with E-state index >= 15 is 0 Å². The Morgan fingerprint density at radius 3 is 2.76 bits per heavy atom. The molecule has 0 unspecified atom stereocenters. The number of non-ortho nitro benzene ring substituents is 1. The normalized spacial score (nSPS) is 10.0. The van der Waals surface area contributed by atoms with Crippen LogP contribution in [0.25, 0.3) is 0 Å². The third kappa shape index (κ3) is 4.36. The van der Waals surface area contributed by atoms with Crippen molar-refractivity contribution in [3.8, 4) is 0 Å². The number of benzene rings is 1. The molecule has 0 aliphatic heterocycles. The summed E-state index contributed by atoms with van der Waals surface area (Å²) in [6.45, 7) is 0. The molecule has 17 heavy (non-hydrogen) atoms. The first-order valence-electron chi connectivity index (χ1n) is 4.83. The Kier molecular flexibility index (Phi) is 4.84. The van der Waals surface area contributed by atoms with E-state index in [0.717, 1.165) is 18.2 Å². The van der Waals surface area contributed by atoms with Crippen molar-refractivity contribution < 1.29 is 14.1 Å². The number of halogens is 2. The summed E-state index contributed by atoms with van der Waals surface area (Å²) < 4.78 is 13.0. The van der Waals surface area contributed by atoms with Crippen LogP contribution in [-0.2, 0) is 4.79 Å². The summed E-state index contributed by atoms with van der Waals surface area (Å²) in [4.78, 5) is 21.0. The van der Waals surface area contributed by atoms with Gasteiger partial charge in [0.2, 0.25) is 5.91 Å². The highest BCUT2D eigenvalue weighted by molar-refractivity contribution is 6.18. The molecule has 1 aromatic carbocycles. The number of carbonyl (C=O) groups excluding carboxylic acids is 1. The number of nitro benzene ring substituents is 1. The maximum atomic E-state index is 13.0. The number of amides is 1. The van der Waals surface area contributed by atoms with E-state index < -0.39 is 16.4 Å². The molecule has 92 valence electrons. The van der Waals surface area contributed by atoms with Gasteiger partial charge in [-0.15, -0.1) is 11.6 Å². The molecule has 0 aromatic heterocycles. The fourth-order valence-corrected chi connectivity index (χ4v) is 1.34. The first-order chi connectivity index (χ1) is 8.02. The van der Waals surface area contributed by atoms with E-state index in [0.29, 0.717) is 12.3 Å². The number of hydrogen-bond donors (Lipinski definition) is 1. The van der Waals surface area contributed by atoms with Crippen LogP contribution in [0.15, 0.2) is 18.2 Å². The molecular weight excluding hydrogens is 251 g/mol. The second-order valence-corrected chi connectivity index (χ2v) is 3.67. The van der Waals surface area contributed by atoms with E-state index in [2.05, 4.69) is 5.32 Å². The molecular formula is C10H10ClFN2O3. The maximum Gasteiger partial charge on any atom is 0.274 e. The second-order valence-electron chi connectivity index (χ2n) is 3.30. The summed E-state index contributed by atoms with van der Waals surface area (Å²) in [5.41, 5.74) is -0.339. The SMILES string of the molecule is O=C(CCCCl)Nc1cc(F)cc([N+](=O)[O-])c1. The summed E-state index contributed by atoms with van der Waals surface area (Å²) >= 11 is 5.41. The summed E-state index contributed by atoms with van der Waals surface area (Å²) in [6, 6.07) is 2.90. The van der Waals surface area contributed by atoms with Crippen molar-refractivity contribution in [3.63, 3.8) is 0 Å².